The monoisotopic (exact) mass is 459 g/mol. The highest BCUT2D eigenvalue weighted by Gasteiger charge is 2.37. The Bertz CT molecular complexity index is 1520. The number of aromatic amines is 1. The summed E-state index contributed by atoms with van der Waals surface area (Å²) in [7, 11) is 1.67. The van der Waals surface area contributed by atoms with Crippen molar-refractivity contribution in [2.45, 2.75) is 18.9 Å². The van der Waals surface area contributed by atoms with E-state index in [4.69, 9.17) is 4.74 Å². The zero-order valence-corrected chi connectivity index (χ0v) is 18.5. The molecule has 0 unspecified atom stereocenters. The molecule has 0 saturated heterocycles. The fourth-order valence-electron chi connectivity index (χ4n) is 4.64. The molecule has 0 spiro atoms. The van der Waals surface area contributed by atoms with E-state index in [1.54, 1.807) is 47.4 Å². The minimum atomic E-state index is -0.544. The molecule has 1 atom stereocenters. The average Bonchev–Trinajstić information content (AvgIpc) is 3.59. The molecular weight excluding hydrogens is 437 g/mol. The Labute approximate surface area is 193 Å². The van der Waals surface area contributed by atoms with Gasteiger partial charge in [0.2, 0.25) is 0 Å². The Morgan fingerprint density at radius 2 is 2.18 bits per heavy atom. The van der Waals surface area contributed by atoms with Gasteiger partial charge in [-0.1, -0.05) is 6.07 Å². The van der Waals surface area contributed by atoms with Gasteiger partial charge in [0.25, 0.3) is 5.91 Å². The molecule has 5 aromatic rings. The number of halogens is 1. The summed E-state index contributed by atoms with van der Waals surface area (Å²) >= 11 is 0. The largest absolute Gasteiger partial charge is 0.384 e. The zero-order chi connectivity index (χ0) is 23.2. The van der Waals surface area contributed by atoms with Crippen molar-refractivity contribution >= 4 is 16.9 Å². The summed E-state index contributed by atoms with van der Waals surface area (Å²) in [5, 5.41) is 9.01. The number of rotatable bonds is 5. The van der Waals surface area contributed by atoms with Gasteiger partial charge in [-0.2, -0.15) is 10.2 Å². The molecule has 0 bridgehead atoms. The second kappa shape index (κ2) is 8.07. The van der Waals surface area contributed by atoms with Crippen molar-refractivity contribution in [3.63, 3.8) is 0 Å². The molecule has 34 heavy (non-hydrogen) atoms. The first-order valence-corrected chi connectivity index (χ1v) is 11.1. The van der Waals surface area contributed by atoms with Gasteiger partial charge < -0.3 is 14.6 Å². The van der Waals surface area contributed by atoms with Crippen LogP contribution in [0.3, 0.4) is 0 Å². The molecule has 10 heteroatoms. The first-order valence-electron chi connectivity index (χ1n) is 11.1. The average molecular weight is 459 g/mol. The zero-order valence-electron chi connectivity index (χ0n) is 18.5. The van der Waals surface area contributed by atoms with E-state index in [0.717, 1.165) is 28.9 Å². The van der Waals surface area contributed by atoms with E-state index < -0.39 is 6.04 Å². The molecule has 0 radical (unpaired) electrons. The van der Waals surface area contributed by atoms with Crippen LogP contribution in [0.4, 0.5) is 4.39 Å². The van der Waals surface area contributed by atoms with E-state index in [-0.39, 0.29) is 11.7 Å². The van der Waals surface area contributed by atoms with Gasteiger partial charge in [0.05, 0.1) is 41.6 Å². The number of nitrogens with zero attached hydrogens (tertiary/aromatic N) is 6. The van der Waals surface area contributed by atoms with Crippen molar-refractivity contribution in [1.82, 2.24) is 34.1 Å². The van der Waals surface area contributed by atoms with E-state index in [1.165, 1.54) is 10.6 Å². The van der Waals surface area contributed by atoms with Gasteiger partial charge in [0.1, 0.15) is 17.4 Å². The number of carbonyl (C=O) groups is 1. The van der Waals surface area contributed by atoms with E-state index in [2.05, 4.69) is 20.2 Å². The number of aromatic nitrogens is 6. The molecular formula is C24H22FN7O2. The molecule has 1 aliphatic heterocycles. The summed E-state index contributed by atoms with van der Waals surface area (Å²) in [5.41, 5.74) is 4.88. The standard InChI is InChI=1S/C24H22FN7O2/c1-34-10-7-15-4-5-20-16(12-28-32(20)13-15)24(33)30-9-6-18-22(27-14-26-18)23(30)19-11-21-17(25)3-2-8-31(21)29-19/h2-5,8,11-14,23H,6-7,9-10H2,1H3,(H,26,27)/t23-/m0/s1. The van der Waals surface area contributed by atoms with Crippen LogP contribution in [0.15, 0.2) is 55.2 Å². The summed E-state index contributed by atoms with van der Waals surface area (Å²) in [5.74, 6) is -0.542. The molecule has 172 valence electrons. The molecule has 0 aliphatic carbocycles. The number of nitrogens with one attached hydrogen (secondary N) is 1. The summed E-state index contributed by atoms with van der Waals surface area (Å²) < 4.78 is 22.8. The topological polar surface area (TPSA) is 92.8 Å². The molecule has 0 fully saturated rings. The van der Waals surface area contributed by atoms with Crippen molar-refractivity contribution in [1.29, 1.82) is 0 Å². The number of fused-ring (bicyclic) bond motifs is 3. The van der Waals surface area contributed by atoms with Crippen molar-refractivity contribution < 1.29 is 13.9 Å². The number of H-pyrrole nitrogens is 1. The number of amides is 1. The number of hydrogen-bond acceptors (Lipinski definition) is 5. The highest BCUT2D eigenvalue weighted by atomic mass is 19.1. The molecule has 1 amide bonds. The third-order valence-electron chi connectivity index (χ3n) is 6.34. The van der Waals surface area contributed by atoms with Gasteiger partial charge in [-0.05, 0) is 36.2 Å². The molecule has 0 saturated carbocycles. The molecule has 5 aromatic heterocycles. The molecule has 6 rings (SSSR count). The van der Waals surface area contributed by atoms with E-state index in [0.29, 0.717) is 36.3 Å². The number of ether oxygens (including phenoxy) is 1. The predicted molar refractivity (Wildman–Crippen MR) is 121 cm³/mol. The first kappa shape index (κ1) is 20.5. The van der Waals surface area contributed by atoms with Gasteiger partial charge in [0, 0.05) is 38.2 Å². The van der Waals surface area contributed by atoms with Crippen LogP contribution in [0.5, 0.6) is 0 Å². The number of pyridine rings is 2. The molecule has 0 aromatic carbocycles. The van der Waals surface area contributed by atoms with Gasteiger partial charge in [-0.3, -0.25) is 4.79 Å². The van der Waals surface area contributed by atoms with Gasteiger partial charge in [-0.15, -0.1) is 0 Å². The Morgan fingerprint density at radius 1 is 1.26 bits per heavy atom. The summed E-state index contributed by atoms with van der Waals surface area (Å²) in [4.78, 5) is 23.2. The van der Waals surface area contributed by atoms with Crippen LogP contribution < -0.4 is 0 Å². The van der Waals surface area contributed by atoms with E-state index in [1.807, 2.05) is 18.3 Å². The summed E-state index contributed by atoms with van der Waals surface area (Å²) in [6, 6.07) is 8.02. The minimum absolute atomic E-state index is 0.171. The second-order valence-corrected chi connectivity index (χ2v) is 8.34. The first-order chi connectivity index (χ1) is 16.6. The molecule has 9 nitrogen and oxygen atoms in total. The van der Waals surface area contributed by atoms with Gasteiger partial charge in [0.15, 0.2) is 0 Å². The lowest BCUT2D eigenvalue weighted by molar-refractivity contribution is 0.0689. The lowest BCUT2D eigenvalue weighted by atomic mass is 9.98. The number of hydrogen-bond donors (Lipinski definition) is 1. The van der Waals surface area contributed by atoms with Gasteiger partial charge in [-0.25, -0.2) is 18.4 Å². The predicted octanol–water partition coefficient (Wildman–Crippen LogP) is 2.82. The fraction of sp³-hybridized carbons (Fsp3) is 0.250. The lowest BCUT2D eigenvalue weighted by Gasteiger charge is -2.33. The smallest absolute Gasteiger partial charge is 0.258 e. The number of methoxy groups -OCH3 is 1. The Balaban J connectivity index is 1.41. The van der Waals surface area contributed by atoms with Crippen molar-refractivity contribution in [2.75, 3.05) is 20.3 Å². The van der Waals surface area contributed by atoms with Crippen LogP contribution >= 0.6 is 0 Å². The molecule has 6 heterocycles. The SMILES string of the molecule is COCCc1ccc2c(C(=O)N3CCc4[nH]cnc4[C@@H]3c3cc4c(F)cccn4n3)cnn2c1. The maximum atomic E-state index is 14.4. The Morgan fingerprint density at radius 3 is 3.03 bits per heavy atom. The quantitative estimate of drug-likeness (QED) is 0.436. The highest BCUT2D eigenvalue weighted by molar-refractivity contribution is 6.01. The third kappa shape index (κ3) is 3.26. The molecule has 1 aliphatic rings. The maximum absolute atomic E-state index is 14.4. The Kier molecular flexibility index (Phi) is 4.88. The summed E-state index contributed by atoms with van der Waals surface area (Å²) in [6.07, 6.45) is 8.22. The second-order valence-electron chi connectivity index (χ2n) is 8.34. The van der Waals surface area contributed by atoms with Crippen molar-refractivity contribution in [3.8, 4) is 0 Å². The Hall–Kier alpha value is -4.05. The fourth-order valence-corrected chi connectivity index (χ4v) is 4.64. The van der Waals surface area contributed by atoms with E-state index in [9.17, 15) is 9.18 Å². The maximum Gasteiger partial charge on any atom is 0.258 e. The summed E-state index contributed by atoms with van der Waals surface area (Å²) in [6.45, 7) is 1.08. The number of imidazole rings is 1. The van der Waals surface area contributed by atoms with Crippen LogP contribution in [0.1, 0.15) is 39.0 Å². The van der Waals surface area contributed by atoms with Crippen LogP contribution in [0.25, 0.3) is 11.0 Å². The minimum Gasteiger partial charge on any atom is -0.384 e. The van der Waals surface area contributed by atoms with Gasteiger partial charge >= 0.3 is 0 Å². The highest BCUT2D eigenvalue weighted by Crippen LogP contribution is 2.35. The van der Waals surface area contributed by atoms with Crippen LogP contribution in [-0.4, -0.2) is 60.3 Å². The normalized spacial score (nSPS) is 15.8. The lowest BCUT2D eigenvalue weighted by Crippen LogP contribution is -2.41. The van der Waals surface area contributed by atoms with Crippen LogP contribution in [-0.2, 0) is 17.6 Å². The van der Waals surface area contributed by atoms with Crippen molar-refractivity contribution in [2.24, 2.45) is 0 Å². The van der Waals surface area contributed by atoms with E-state index >= 15 is 0 Å². The number of carbonyl (C=O) groups excluding carboxylic acids is 1. The molecule has 1 N–H and O–H groups in total. The van der Waals surface area contributed by atoms with Crippen LogP contribution in [0, 0.1) is 5.82 Å². The third-order valence-corrected chi connectivity index (χ3v) is 6.34. The van der Waals surface area contributed by atoms with Crippen LogP contribution in [0.2, 0.25) is 0 Å². The van der Waals surface area contributed by atoms with Crippen molar-refractivity contribution in [3.05, 3.63) is 89.3 Å².